The van der Waals surface area contributed by atoms with Crippen molar-refractivity contribution >= 4 is 17.7 Å². The number of carbonyl (C=O) groups excluding carboxylic acids is 3. The minimum atomic E-state index is -0.827. The summed E-state index contributed by atoms with van der Waals surface area (Å²) in [4.78, 5) is 39.9. The molecule has 0 unspecified atom stereocenters. The number of carbonyl (C=O) groups is 3. The molecule has 0 aromatic carbocycles. The highest BCUT2D eigenvalue weighted by Crippen LogP contribution is 2.38. The number of ketones is 1. The van der Waals surface area contributed by atoms with Crippen molar-refractivity contribution in [1.82, 2.24) is 14.8 Å². The SMILES string of the molecule is Cc1cc(C(=O)CN2C(=O)N[C@]3(CCCC[C@H]3C)C2=O)c(C)n1C[C@H]1CCCO1. The maximum atomic E-state index is 13.1. The maximum absolute atomic E-state index is 13.1. The standard InChI is InChI=1S/C22H31N3O4/c1-14-7-4-5-9-22(14)20(27)25(21(28)23-22)13-19(26)18-11-15(2)24(16(18)3)12-17-8-6-10-29-17/h11,14,17H,4-10,12-13H2,1-3H3,(H,23,28)/t14-,17-,22+/m1/s1. The van der Waals surface area contributed by atoms with Crippen molar-refractivity contribution in [2.75, 3.05) is 13.2 Å². The summed E-state index contributed by atoms with van der Waals surface area (Å²) in [6, 6.07) is 1.43. The number of imide groups is 1. The predicted molar refractivity (Wildman–Crippen MR) is 108 cm³/mol. The van der Waals surface area contributed by atoms with E-state index in [1.807, 2.05) is 26.8 Å². The molecule has 3 aliphatic rings. The van der Waals surface area contributed by atoms with Gasteiger partial charge in [0, 0.05) is 30.1 Å². The van der Waals surface area contributed by atoms with Crippen molar-refractivity contribution in [1.29, 1.82) is 0 Å². The fourth-order valence-corrected chi connectivity index (χ4v) is 5.22. The Kier molecular flexibility index (Phi) is 5.27. The van der Waals surface area contributed by atoms with E-state index in [2.05, 4.69) is 9.88 Å². The largest absolute Gasteiger partial charge is 0.376 e. The summed E-state index contributed by atoms with van der Waals surface area (Å²) >= 11 is 0. The van der Waals surface area contributed by atoms with Crippen LogP contribution in [0.5, 0.6) is 0 Å². The zero-order valence-corrected chi connectivity index (χ0v) is 17.6. The maximum Gasteiger partial charge on any atom is 0.325 e. The van der Waals surface area contributed by atoms with Crippen LogP contribution in [0.3, 0.4) is 0 Å². The molecule has 7 heteroatoms. The highest BCUT2D eigenvalue weighted by Gasteiger charge is 2.55. The second-order valence-corrected chi connectivity index (χ2v) is 8.89. The number of rotatable bonds is 5. The molecule has 0 radical (unpaired) electrons. The first-order chi connectivity index (χ1) is 13.8. The number of hydrogen-bond acceptors (Lipinski definition) is 4. The first-order valence-corrected chi connectivity index (χ1v) is 10.8. The zero-order chi connectivity index (χ0) is 20.8. The monoisotopic (exact) mass is 401 g/mol. The van der Waals surface area contributed by atoms with E-state index >= 15 is 0 Å². The molecule has 2 saturated heterocycles. The minimum absolute atomic E-state index is 0.0873. The molecule has 4 rings (SSSR count). The number of aryl methyl sites for hydroxylation is 1. The van der Waals surface area contributed by atoms with Crippen LogP contribution in [0.4, 0.5) is 4.79 Å². The van der Waals surface area contributed by atoms with Crippen molar-refractivity contribution in [2.45, 2.75) is 77.5 Å². The van der Waals surface area contributed by atoms with Gasteiger partial charge >= 0.3 is 6.03 Å². The van der Waals surface area contributed by atoms with Crippen LogP contribution in [0, 0.1) is 19.8 Å². The van der Waals surface area contributed by atoms with E-state index in [-0.39, 0.29) is 30.3 Å². The van der Waals surface area contributed by atoms with Gasteiger partial charge in [0.15, 0.2) is 5.78 Å². The van der Waals surface area contributed by atoms with Crippen LogP contribution in [0.1, 0.15) is 67.2 Å². The second-order valence-electron chi connectivity index (χ2n) is 8.89. The Morgan fingerprint density at radius 2 is 2.03 bits per heavy atom. The summed E-state index contributed by atoms with van der Waals surface area (Å²) in [5, 5.41) is 2.92. The topological polar surface area (TPSA) is 80.6 Å². The lowest BCUT2D eigenvalue weighted by molar-refractivity contribution is -0.133. The third kappa shape index (κ3) is 3.39. The van der Waals surface area contributed by atoms with E-state index in [9.17, 15) is 14.4 Å². The lowest BCUT2D eigenvalue weighted by Crippen LogP contribution is -2.54. The van der Waals surface area contributed by atoms with E-state index in [0.29, 0.717) is 12.0 Å². The van der Waals surface area contributed by atoms with Crippen LogP contribution in [0.25, 0.3) is 0 Å². The number of nitrogens with one attached hydrogen (secondary N) is 1. The van der Waals surface area contributed by atoms with Gasteiger partial charge in [0.2, 0.25) is 0 Å². The Morgan fingerprint density at radius 3 is 2.72 bits per heavy atom. The molecule has 7 nitrogen and oxygen atoms in total. The summed E-state index contributed by atoms with van der Waals surface area (Å²) in [6.07, 6.45) is 5.84. The normalized spacial score (nSPS) is 29.7. The lowest BCUT2D eigenvalue weighted by atomic mass is 9.73. The van der Waals surface area contributed by atoms with Crippen LogP contribution in [-0.4, -0.2) is 52.0 Å². The van der Waals surface area contributed by atoms with Crippen molar-refractivity contribution in [3.05, 3.63) is 23.0 Å². The average molecular weight is 402 g/mol. The van der Waals surface area contributed by atoms with Crippen molar-refractivity contribution in [3.63, 3.8) is 0 Å². The summed E-state index contributed by atoms with van der Waals surface area (Å²) < 4.78 is 7.85. The smallest absolute Gasteiger partial charge is 0.325 e. The summed E-state index contributed by atoms with van der Waals surface area (Å²) in [6.45, 7) is 7.23. The highest BCUT2D eigenvalue weighted by atomic mass is 16.5. The van der Waals surface area contributed by atoms with Gasteiger partial charge in [-0.25, -0.2) is 4.79 Å². The van der Waals surface area contributed by atoms with Gasteiger partial charge in [-0.15, -0.1) is 0 Å². The van der Waals surface area contributed by atoms with Crippen LogP contribution >= 0.6 is 0 Å². The first-order valence-electron chi connectivity index (χ1n) is 10.8. The fourth-order valence-electron chi connectivity index (χ4n) is 5.22. The van der Waals surface area contributed by atoms with Gasteiger partial charge in [0.25, 0.3) is 5.91 Å². The van der Waals surface area contributed by atoms with Crippen molar-refractivity contribution in [2.24, 2.45) is 5.92 Å². The molecule has 1 aliphatic carbocycles. The van der Waals surface area contributed by atoms with Gasteiger partial charge in [-0.05, 0) is 51.5 Å². The predicted octanol–water partition coefficient (Wildman–Crippen LogP) is 2.97. The van der Waals surface area contributed by atoms with Crippen LogP contribution in [0.15, 0.2) is 6.07 Å². The fraction of sp³-hybridized carbons (Fsp3) is 0.682. The first kappa shape index (κ1) is 20.1. The Labute approximate surface area is 171 Å². The molecule has 0 bridgehead atoms. The molecule has 1 N–H and O–H groups in total. The van der Waals surface area contributed by atoms with E-state index in [1.54, 1.807) is 0 Å². The average Bonchev–Trinajstić information content (AvgIpc) is 3.36. The molecule has 3 amide bonds. The second kappa shape index (κ2) is 7.59. The molecule has 3 atom stereocenters. The van der Waals surface area contributed by atoms with Gasteiger partial charge in [0.05, 0.1) is 12.6 Å². The lowest BCUT2D eigenvalue weighted by Gasteiger charge is -2.36. The summed E-state index contributed by atoms with van der Waals surface area (Å²) in [5.74, 6) is -0.346. The van der Waals surface area contributed by atoms with E-state index in [4.69, 9.17) is 4.74 Å². The number of Topliss-reactive ketones (excluding diaryl/α,β-unsaturated/α-hetero) is 1. The molecular formula is C22H31N3O4. The van der Waals surface area contributed by atoms with Gasteiger partial charge in [0.1, 0.15) is 5.54 Å². The third-order valence-corrected chi connectivity index (χ3v) is 7.09. The molecule has 1 aromatic heterocycles. The summed E-state index contributed by atoms with van der Waals surface area (Å²) in [5.41, 5.74) is 1.62. The number of ether oxygens (including phenoxy) is 1. The highest BCUT2D eigenvalue weighted by molar-refractivity contribution is 6.11. The zero-order valence-electron chi connectivity index (χ0n) is 17.6. The molecular weight excluding hydrogens is 370 g/mol. The molecule has 1 saturated carbocycles. The van der Waals surface area contributed by atoms with Gasteiger partial charge in [-0.1, -0.05) is 19.8 Å². The number of amides is 3. The van der Waals surface area contributed by atoms with Crippen molar-refractivity contribution < 1.29 is 19.1 Å². The number of nitrogens with zero attached hydrogens (tertiary/aromatic N) is 2. The molecule has 1 aromatic rings. The minimum Gasteiger partial charge on any atom is -0.376 e. The van der Waals surface area contributed by atoms with Crippen LogP contribution < -0.4 is 5.32 Å². The molecule has 1 spiro atoms. The molecule has 158 valence electrons. The molecule has 2 aliphatic heterocycles. The quantitative estimate of drug-likeness (QED) is 0.608. The van der Waals surface area contributed by atoms with Gasteiger partial charge in [-0.2, -0.15) is 0 Å². The molecule has 3 heterocycles. The Balaban J connectivity index is 1.51. The Morgan fingerprint density at radius 1 is 1.24 bits per heavy atom. The summed E-state index contributed by atoms with van der Waals surface area (Å²) in [7, 11) is 0. The van der Waals surface area contributed by atoms with Gasteiger partial charge < -0.3 is 14.6 Å². The Bertz CT molecular complexity index is 839. The van der Waals surface area contributed by atoms with E-state index in [0.717, 1.165) is 61.5 Å². The number of urea groups is 1. The van der Waals surface area contributed by atoms with Crippen LogP contribution in [-0.2, 0) is 16.1 Å². The van der Waals surface area contributed by atoms with Gasteiger partial charge in [-0.3, -0.25) is 14.5 Å². The number of aromatic nitrogens is 1. The third-order valence-electron chi connectivity index (χ3n) is 7.09. The molecule has 3 fully saturated rings. The van der Waals surface area contributed by atoms with E-state index in [1.165, 1.54) is 0 Å². The van der Waals surface area contributed by atoms with E-state index < -0.39 is 11.6 Å². The Hall–Kier alpha value is -2.15. The molecule has 29 heavy (non-hydrogen) atoms. The van der Waals surface area contributed by atoms with Crippen LogP contribution in [0.2, 0.25) is 0 Å². The number of hydrogen-bond donors (Lipinski definition) is 1. The van der Waals surface area contributed by atoms with Crippen molar-refractivity contribution in [3.8, 4) is 0 Å².